The number of carbonyl (C=O) groups excluding carboxylic acids is 1. The number of aryl methyl sites for hydroxylation is 2. The third-order valence-corrected chi connectivity index (χ3v) is 3.78. The van der Waals surface area contributed by atoms with Gasteiger partial charge >= 0.3 is 0 Å². The number of fused-ring (bicyclic) bond motifs is 1. The average Bonchev–Trinajstić information content (AvgIpc) is 2.96. The van der Waals surface area contributed by atoms with Gasteiger partial charge in [0.05, 0.1) is 12.3 Å². The van der Waals surface area contributed by atoms with Crippen LogP contribution >= 0.6 is 0 Å². The zero-order valence-corrected chi connectivity index (χ0v) is 12.6. The Hall–Kier alpha value is -2.62. The number of benzene rings is 2. The van der Waals surface area contributed by atoms with E-state index in [1.165, 1.54) is 11.1 Å². The zero-order chi connectivity index (χ0) is 15.4. The Morgan fingerprint density at radius 2 is 1.86 bits per heavy atom. The molecule has 0 saturated heterocycles. The summed E-state index contributed by atoms with van der Waals surface area (Å²) in [6, 6.07) is 16.1. The Morgan fingerprint density at radius 3 is 2.68 bits per heavy atom. The van der Waals surface area contributed by atoms with E-state index < -0.39 is 0 Å². The van der Waals surface area contributed by atoms with Gasteiger partial charge in [-0.1, -0.05) is 42.0 Å². The highest BCUT2D eigenvalue weighted by Crippen LogP contribution is 2.21. The molecule has 0 unspecified atom stereocenters. The van der Waals surface area contributed by atoms with Crippen molar-refractivity contribution < 1.29 is 4.79 Å². The molecule has 0 spiro atoms. The molecule has 2 aromatic rings. The van der Waals surface area contributed by atoms with E-state index in [2.05, 4.69) is 28.0 Å². The molecule has 1 amide bonds. The molecule has 112 valence electrons. The van der Waals surface area contributed by atoms with E-state index in [9.17, 15) is 4.79 Å². The predicted octanol–water partition coefficient (Wildman–Crippen LogP) is 2.87. The Bertz CT molecular complexity index is 705. The molecule has 4 nitrogen and oxygen atoms in total. The van der Waals surface area contributed by atoms with E-state index in [4.69, 9.17) is 0 Å². The summed E-state index contributed by atoms with van der Waals surface area (Å²) in [7, 11) is 0. The third kappa shape index (κ3) is 3.34. The molecule has 1 aliphatic rings. The van der Waals surface area contributed by atoms with E-state index in [-0.39, 0.29) is 12.5 Å². The molecule has 0 aliphatic heterocycles. The normalized spacial score (nSPS) is 14.7. The fraction of sp³-hybridized carbons (Fsp3) is 0.222. The Labute approximate surface area is 130 Å². The van der Waals surface area contributed by atoms with Gasteiger partial charge < -0.3 is 5.32 Å². The maximum absolute atomic E-state index is 11.9. The molecule has 2 aromatic carbocycles. The number of hydrogen-bond donors (Lipinski definition) is 2. The van der Waals surface area contributed by atoms with Crippen molar-refractivity contribution in [2.75, 3.05) is 11.9 Å². The van der Waals surface area contributed by atoms with Crippen LogP contribution in [0.15, 0.2) is 53.6 Å². The molecule has 0 heterocycles. The molecule has 22 heavy (non-hydrogen) atoms. The van der Waals surface area contributed by atoms with Gasteiger partial charge in [-0.25, -0.2) is 5.43 Å². The molecular formula is C18H19N3O. The summed E-state index contributed by atoms with van der Waals surface area (Å²) in [5.41, 5.74) is 8.16. The first-order chi connectivity index (χ1) is 10.7. The monoisotopic (exact) mass is 293 g/mol. The highest BCUT2D eigenvalue weighted by Gasteiger charge is 2.16. The van der Waals surface area contributed by atoms with Gasteiger partial charge in [-0.05, 0) is 37.5 Å². The molecule has 0 radical (unpaired) electrons. The second kappa shape index (κ2) is 6.43. The van der Waals surface area contributed by atoms with Crippen LogP contribution in [0.4, 0.5) is 5.69 Å². The van der Waals surface area contributed by atoms with Gasteiger partial charge in [0.25, 0.3) is 5.91 Å². The van der Waals surface area contributed by atoms with Gasteiger partial charge in [0.2, 0.25) is 0 Å². The molecule has 2 N–H and O–H groups in total. The lowest BCUT2D eigenvalue weighted by Crippen LogP contribution is -2.26. The van der Waals surface area contributed by atoms with E-state index in [0.717, 1.165) is 29.8 Å². The van der Waals surface area contributed by atoms with Crippen molar-refractivity contribution in [3.05, 3.63) is 65.2 Å². The van der Waals surface area contributed by atoms with Crippen molar-refractivity contribution >= 4 is 17.3 Å². The molecule has 3 rings (SSSR count). The summed E-state index contributed by atoms with van der Waals surface area (Å²) in [6.07, 6.45) is 1.87. The second-order valence-electron chi connectivity index (χ2n) is 5.47. The lowest BCUT2D eigenvalue weighted by molar-refractivity contribution is -0.119. The third-order valence-electron chi connectivity index (χ3n) is 3.78. The molecule has 0 saturated carbocycles. The highest BCUT2D eigenvalue weighted by molar-refractivity contribution is 6.04. The van der Waals surface area contributed by atoms with Crippen LogP contribution in [-0.4, -0.2) is 18.2 Å². The smallest absolute Gasteiger partial charge is 0.259 e. The molecule has 0 bridgehead atoms. The molecule has 4 heteroatoms. The van der Waals surface area contributed by atoms with Crippen LogP contribution < -0.4 is 10.7 Å². The maximum Gasteiger partial charge on any atom is 0.259 e. The van der Waals surface area contributed by atoms with Crippen LogP contribution in [-0.2, 0) is 11.2 Å². The van der Waals surface area contributed by atoms with Crippen molar-refractivity contribution in [2.45, 2.75) is 19.8 Å². The number of anilines is 1. The number of carbonyl (C=O) groups is 1. The zero-order valence-electron chi connectivity index (χ0n) is 12.6. The summed E-state index contributed by atoms with van der Waals surface area (Å²) in [6.45, 7) is 2.24. The van der Waals surface area contributed by atoms with Gasteiger partial charge in [0.1, 0.15) is 0 Å². The maximum atomic E-state index is 11.9. The first-order valence-corrected chi connectivity index (χ1v) is 7.46. The predicted molar refractivity (Wildman–Crippen MR) is 89.1 cm³/mol. The SMILES string of the molecule is Cc1ccc(NCC(=O)N/N=C2/CCc3ccccc32)cc1. The topological polar surface area (TPSA) is 53.5 Å². The van der Waals surface area contributed by atoms with Crippen LogP contribution in [0.3, 0.4) is 0 Å². The number of amides is 1. The first-order valence-electron chi connectivity index (χ1n) is 7.46. The van der Waals surface area contributed by atoms with E-state index in [1.54, 1.807) is 0 Å². The summed E-state index contributed by atoms with van der Waals surface area (Å²) in [5, 5.41) is 7.35. The number of nitrogens with zero attached hydrogens (tertiary/aromatic N) is 1. The fourth-order valence-corrected chi connectivity index (χ4v) is 2.55. The molecular weight excluding hydrogens is 274 g/mol. The summed E-state index contributed by atoms with van der Waals surface area (Å²) in [5.74, 6) is -0.141. The van der Waals surface area contributed by atoms with Gasteiger partial charge in [-0.15, -0.1) is 0 Å². The standard InChI is InChI=1S/C18H19N3O/c1-13-6-9-15(10-7-13)19-12-18(22)21-20-17-11-8-14-4-2-3-5-16(14)17/h2-7,9-10,19H,8,11-12H2,1H3,(H,21,22)/b20-17-. The lowest BCUT2D eigenvalue weighted by Gasteiger charge is -2.06. The Balaban J connectivity index is 1.55. The van der Waals surface area contributed by atoms with Crippen LogP contribution in [0.25, 0.3) is 0 Å². The van der Waals surface area contributed by atoms with Crippen molar-refractivity contribution in [2.24, 2.45) is 5.10 Å². The van der Waals surface area contributed by atoms with Crippen LogP contribution in [0.5, 0.6) is 0 Å². The van der Waals surface area contributed by atoms with Crippen LogP contribution in [0.1, 0.15) is 23.1 Å². The van der Waals surface area contributed by atoms with Gasteiger partial charge in [0, 0.05) is 11.3 Å². The van der Waals surface area contributed by atoms with Crippen molar-refractivity contribution in [3.63, 3.8) is 0 Å². The number of rotatable bonds is 4. The minimum Gasteiger partial charge on any atom is -0.376 e. The van der Waals surface area contributed by atoms with Gasteiger partial charge in [-0.2, -0.15) is 5.10 Å². The average molecular weight is 293 g/mol. The van der Waals surface area contributed by atoms with E-state index in [1.807, 2.05) is 43.3 Å². The number of hydrogen-bond acceptors (Lipinski definition) is 3. The van der Waals surface area contributed by atoms with Gasteiger partial charge in [0.15, 0.2) is 0 Å². The summed E-state index contributed by atoms with van der Waals surface area (Å²) >= 11 is 0. The Kier molecular flexibility index (Phi) is 4.19. The second-order valence-corrected chi connectivity index (χ2v) is 5.47. The van der Waals surface area contributed by atoms with E-state index >= 15 is 0 Å². The highest BCUT2D eigenvalue weighted by atomic mass is 16.2. The molecule has 0 atom stereocenters. The first kappa shape index (κ1) is 14.3. The largest absolute Gasteiger partial charge is 0.376 e. The van der Waals surface area contributed by atoms with Crippen molar-refractivity contribution in [1.82, 2.24) is 5.43 Å². The number of nitrogens with one attached hydrogen (secondary N) is 2. The summed E-state index contributed by atoms with van der Waals surface area (Å²) < 4.78 is 0. The van der Waals surface area contributed by atoms with Gasteiger partial charge in [-0.3, -0.25) is 4.79 Å². The Morgan fingerprint density at radius 1 is 1.09 bits per heavy atom. The molecule has 1 aliphatic carbocycles. The lowest BCUT2D eigenvalue weighted by atomic mass is 10.1. The minimum absolute atomic E-state index is 0.141. The number of hydrazone groups is 1. The fourth-order valence-electron chi connectivity index (χ4n) is 2.55. The summed E-state index contributed by atoms with van der Waals surface area (Å²) in [4.78, 5) is 11.9. The molecule has 0 aromatic heterocycles. The van der Waals surface area contributed by atoms with E-state index in [0.29, 0.717) is 0 Å². The molecule has 0 fully saturated rings. The quantitative estimate of drug-likeness (QED) is 0.852. The van der Waals surface area contributed by atoms with Crippen molar-refractivity contribution in [3.8, 4) is 0 Å². The minimum atomic E-state index is -0.141. The van der Waals surface area contributed by atoms with Crippen LogP contribution in [0.2, 0.25) is 0 Å². The van der Waals surface area contributed by atoms with Crippen LogP contribution in [0, 0.1) is 6.92 Å². The van der Waals surface area contributed by atoms with Crippen molar-refractivity contribution in [1.29, 1.82) is 0 Å².